The maximum Gasteiger partial charge on any atom is 0.156 e. The van der Waals surface area contributed by atoms with Crippen molar-refractivity contribution in [3.8, 4) is 16.9 Å². The molecule has 2 heterocycles. The molecule has 1 aliphatic rings. The molecule has 0 N–H and O–H groups in total. The SMILES string of the molecule is CC1(C)c2ccccc2-c2cc3c4ccccc4n(-c4cnccn4)c3cc21. The molecule has 3 nitrogen and oxygen atoms in total. The van der Waals surface area contributed by atoms with Crippen LogP contribution in [0.3, 0.4) is 0 Å². The van der Waals surface area contributed by atoms with Crippen LogP contribution in [-0.4, -0.2) is 14.5 Å². The Morgan fingerprint density at radius 3 is 2.43 bits per heavy atom. The van der Waals surface area contributed by atoms with Gasteiger partial charge in [-0.25, -0.2) is 4.98 Å². The monoisotopic (exact) mass is 361 g/mol. The fraction of sp³-hybridized carbons (Fsp3) is 0.120. The van der Waals surface area contributed by atoms with Gasteiger partial charge in [-0.15, -0.1) is 0 Å². The number of hydrogen-bond donors (Lipinski definition) is 0. The molecule has 0 bridgehead atoms. The molecule has 0 radical (unpaired) electrons. The number of hydrogen-bond acceptors (Lipinski definition) is 2. The fourth-order valence-electron chi connectivity index (χ4n) is 4.82. The number of nitrogens with zero attached hydrogens (tertiary/aromatic N) is 3. The molecule has 6 rings (SSSR count). The van der Waals surface area contributed by atoms with Crippen LogP contribution in [0, 0.1) is 0 Å². The number of para-hydroxylation sites is 1. The molecule has 3 heteroatoms. The Morgan fingerprint density at radius 1 is 0.750 bits per heavy atom. The molecule has 1 aliphatic carbocycles. The fourth-order valence-corrected chi connectivity index (χ4v) is 4.82. The maximum atomic E-state index is 4.59. The van der Waals surface area contributed by atoms with Crippen molar-refractivity contribution in [3.05, 3.63) is 90.4 Å². The van der Waals surface area contributed by atoms with E-state index < -0.39 is 0 Å². The van der Waals surface area contributed by atoms with Gasteiger partial charge < -0.3 is 0 Å². The van der Waals surface area contributed by atoms with Gasteiger partial charge in [-0.05, 0) is 40.5 Å². The normalized spacial score (nSPS) is 14.4. The average Bonchev–Trinajstić information content (AvgIpc) is 3.17. The summed E-state index contributed by atoms with van der Waals surface area (Å²) < 4.78 is 2.23. The van der Waals surface area contributed by atoms with Crippen molar-refractivity contribution in [2.45, 2.75) is 19.3 Å². The highest BCUT2D eigenvalue weighted by molar-refractivity contribution is 6.11. The molecule has 3 aromatic carbocycles. The van der Waals surface area contributed by atoms with Gasteiger partial charge in [0.1, 0.15) is 0 Å². The van der Waals surface area contributed by atoms with E-state index in [0.29, 0.717) is 0 Å². The first kappa shape index (κ1) is 15.6. The zero-order valence-corrected chi connectivity index (χ0v) is 15.8. The summed E-state index contributed by atoms with van der Waals surface area (Å²) >= 11 is 0. The van der Waals surface area contributed by atoms with Crippen molar-refractivity contribution in [2.75, 3.05) is 0 Å². The van der Waals surface area contributed by atoms with Crippen molar-refractivity contribution in [1.29, 1.82) is 0 Å². The highest BCUT2D eigenvalue weighted by Crippen LogP contribution is 2.50. The Morgan fingerprint density at radius 2 is 1.57 bits per heavy atom. The molecule has 28 heavy (non-hydrogen) atoms. The average molecular weight is 361 g/mol. The Labute approximate surface area is 163 Å². The topological polar surface area (TPSA) is 30.7 Å². The van der Waals surface area contributed by atoms with Gasteiger partial charge in [0.25, 0.3) is 0 Å². The summed E-state index contributed by atoms with van der Waals surface area (Å²) in [4.78, 5) is 8.90. The van der Waals surface area contributed by atoms with Crippen LogP contribution < -0.4 is 0 Å². The largest absolute Gasteiger partial charge is 0.292 e. The molecular weight excluding hydrogens is 342 g/mol. The molecule has 0 saturated carbocycles. The van der Waals surface area contributed by atoms with Gasteiger partial charge in [-0.2, -0.15) is 0 Å². The van der Waals surface area contributed by atoms with E-state index in [9.17, 15) is 0 Å². The number of rotatable bonds is 1. The summed E-state index contributed by atoms with van der Waals surface area (Å²) in [6.45, 7) is 4.64. The smallest absolute Gasteiger partial charge is 0.156 e. The van der Waals surface area contributed by atoms with Gasteiger partial charge in [0.05, 0.1) is 17.2 Å². The minimum atomic E-state index is -0.0240. The van der Waals surface area contributed by atoms with Gasteiger partial charge in [0.15, 0.2) is 5.82 Å². The molecular formula is C25H19N3. The van der Waals surface area contributed by atoms with Crippen LogP contribution in [0.2, 0.25) is 0 Å². The first-order valence-electron chi connectivity index (χ1n) is 9.60. The molecule has 2 aromatic heterocycles. The van der Waals surface area contributed by atoms with Crippen LogP contribution >= 0.6 is 0 Å². The highest BCUT2D eigenvalue weighted by atomic mass is 15.1. The summed E-state index contributed by atoms with van der Waals surface area (Å²) in [5.41, 5.74) is 7.77. The summed E-state index contributed by atoms with van der Waals surface area (Å²) in [5, 5.41) is 2.50. The second kappa shape index (κ2) is 5.29. The van der Waals surface area contributed by atoms with Crippen molar-refractivity contribution in [1.82, 2.24) is 14.5 Å². The van der Waals surface area contributed by atoms with Crippen LogP contribution in [-0.2, 0) is 5.41 Å². The van der Waals surface area contributed by atoms with Gasteiger partial charge in [0.2, 0.25) is 0 Å². The predicted octanol–water partition coefficient (Wildman–Crippen LogP) is 5.88. The lowest BCUT2D eigenvalue weighted by Crippen LogP contribution is -2.15. The minimum absolute atomic E-state index is 0.0240. The second-order valence-electron chi connectivity index (χ2n) is 8.00. The predicted molar refractivity (Wildman–Crippen MR) is 114 cm³/mol. The Bertz CT molecular complexity index is 1380. The van der Waals surface area contributed by atoms with Crippen molar-refractivity contribution in [3.63, 3.8) is 0 Å². The molecule has 0 atom stereocenters. The number of aromatic nitrogens is 3. The van der Waals surface area contributed by atoms with Crippen LogP contribution in [0.15, 0.2) is 79.3 Å². The first-order chi connectivity index (χ1) is 13.7. The molecule has 0 spiro atoms. The molecule has 5 aromatic rings. The van der Waals surface area contributed by atoms with Gasteiger partial charge in [-0.1, -0.05) is 56.3 Å². The Kier molecular flexibility index (Phi) is 2.95. The van der Waals surface area contributed by atoms with Crippen molar-refractivity contribution >= 4 is 21.8 Å². The summed E-state index contributed by atoms with van der Waals surface area (Å²) in [7, 11) is 0. The van der Waals surface area contributed by atoms with Gasteiger partial charge in [-0.3, -0.25) is 9.55 Å². The Hall–Kier alpha value is -3.46. The number of benzene rings is 3. The molecule has 0 amide bonds. The van der Waals surface area contributed by atoms with Crippen LogP contribution in [0.1, 0.15) is 25.0 Å². The summed E-state index contributed by atoms with van der Waals surface area (Å²) in [6.07, 6.45) is 5.30. The quantitative estimate of drug-likeness (QED) is 0.373. The van der Waals surface area contributed by atoms with E-state index in [2.05, 4.69) is 89.0 Å². The number of fused-ring (bicyclic) bond motifs is 6. The first-order valence-corrected chi connectivity index (χ1v) is 9.60. The van der Waals surface area contributed by atoms with E-state index in [1.165, 1.54) is 38.5 Å². The Balaban J connectivity index is 1.79. The van der Waals surface area contributed by atoms with Crippen molar-refractivity contribution in [2.24, 2.45) is 0 Å². The zero-order chi connectivity index (χ0) is 18.9. The standard InChI is InChI=1S/C25H19N3/c1-25(2)20-9-5-3-7-16(20)18-13-19-17-8-4-6-10-22(17)28(23(19)14-21(18)25)24-15-26-11-12-27-24/h3-15H,1-2H3. The van der Waals surface area contributed by atoms with Crippen LogP contribution in [0.5, 0.6) is 0 Å². The van der Waals surface area contributed by atoms with Crippen LogP contribution in [0.25, 0.3) is 38.8 Å². The van der Waals surface area contributed by atoms with E-state index in [0.717, 1.165) is 11.3 Å². The van der Waals surface area contributed by atoms with Crippen LogP contribution in [0.4, 0.5) is 0 Å². The summed E-state index contributed by atoms with van der Waals surface area (Å²) in [6, 6.07) is 22.1. The van der Waals surface area contributed by atoms with E-state index in [1.807, 2.05) is 6.20 Å². The highest BCUT2D eigenvalue weighted by Gasteiger charge is 2.36. The van der Waals surface area contributed by atoms with E-state index >= 15 is 0 Å². The third-order valence-electron chi connectivity index (χ3n) is 6.15. The van der Waals surface area contributed by atoms with Crippen molar-refractivity contribution < 1.29 is 0 Å². The lowest BCUT2D eigenvalue weighted by atomic mass is 9.82. The third-order valence-corrected chi connectivity index (χ3v) is 6.15. The molecule has 0 saturated heterocycles. The lowest BCUT2D eigenvalue weighted by Gasteiger charge is -2.21. The van der Waals surface area contributed by atoms with E-state index in [4.69, 9.17) is 0 Å². The molecule has 0 fully saturated rings. The third kappa shape index (κ3) is 1.88. The zero-order valence-electron chi connectivity index (χ0n) is 15.8. The minimum Gasteiger partial charge on any atom is -0.292 e. The van der Waals surface area contributed by atoms with Gasteiger partial charge in [0, 0.05) is 28.6 Å². The molecule has 0 unspecified atom stereocenters. The van der Waals surface area contributed by atoms with Gasteiger partial charge >= 0.3 is 0 Å². The van der Waals surface area contributed by atoms with E-state index in [-0.39, 0.29) is 5.41 Å². The maximum absolute atomic E-state index is 4.59. The molecule has 0 aliphatic heterocycles. The van der Waals surface area contributed by atoms with E-state index in [1.54, 1.807) is 12.4 Å². The molecule has 134 valence electrons. The summed E-state index contributed by atoms with van der Waals surface area (Å²) in [5.74, 6) is 0.849. The lowest BCUT2D eigenvalue weighted by molar-refractivity contribution is 0.661. The second-order valence-corrected chi connectivity index (χ2v) is 8.00.